The SMILES string of the molecule is O=[N+]([O-])c1ccc(Oc2cc(C#CC34CC5CC(CC(C5)C3)C4)cc3c(Oc4ccc([N+](=O)[O-])c(O)c4)cccc23)cc1O. The molecule has 0 aromatic heterocycles. The van der Waals surface area contributed by atoms with E-state index in [-0.39, 0.29) is 16.9 Å². The molecule has 0 spiro atoms. The predicted molar refractivity (Wildman–Crippen MR) is 161 cm³/mol. The van der Waals surface area contributed by atoms with Gasteiger partial charge in [0.15, 0.2) is 11.5 Å². The van der Waals surface area contributed by atoms with Gasteiger partial charge in [-0.15, -0.1) is 0 Å². The molecule has 10 heteroatoms. The Labute approximate surface area is 252 Å². The van der Waals surface area contributed by atoms with Crippen molar-refractivity contribution in [1.82, 2.24) is 0 Å². The lowest BCUT2D eigenvalue weighted by molar-refractivity contribution is -0.386. The van der Waals surface area contributed by atoms with Crippen molar-refractivity contribution in [2.24, 2.45) is 23.2 Å². The first-order valence-corrected chi connectivity index (χ1v) is 14.6. The number of fused-ring (bicyclic) bond motifs is 1. The van der Waals surface area contributed by atoms with Gasteiger partial charge in [-0.2, -0.15) is 0 Å². The molecule has 0 amide bonds. The minimum atomic E-state index is -0.675. The Balaban J connectivity index is 1.30. The average Bonchev–Trinajstić information content (AvgIpc) is 2.95. The number of hydrogen-bond acceptors (Lipinski definition) is 8. The normalized spacial score (nSPS) is 23.1. The van der Waals surface area contributed by atoms with Crippen LogP contribution in [0, 0.1) is 55.2 Å². The summed E-state index contributed by atoms with van der Waals surface area (Å²) in [6.45, 7) is 0. The fourth-order valence-corrected chi connectivity index (χ4v) is 7.73. The summed E-state index contributed by atoms with van der Waals surface area (Å²) in [6.07, 6.45) is 7.33. The quantitative estimate of drug-likeness (QED) is 0.129. The van der Waals surface area contributed by atoms with E-state index in [1.54, 1.807) is 12.1 Å². The zero-order chi connectivity index (χ0) is 30.6. The highest BCUT2D eigenvalue weighted by Gasteiger charge is 2.50. The molecule has 0 saturated heterocycles. The third-order valence-corrected chi connectivity index (χ3v) is 9.17. The molecule has 4 fully saturated rings. The van der Waals surface area contributed by atoms with Crippen LogP contribution in [0.25, 0.3) is 10.8 Å². The first-order chi connectivity index (χ1) is 21.1. The van der Waals surface area contributed by atoms with E-state index in [0.29, 0.717) is 27.8 Å². The fraction of sp³-hybridized carbons (Fsp3) is 0.294. The third kappa shape index (κ3) is 5.11. The molecule has 4 aromatic rings. The molecule has 8 rings (SSSR count). The van der Waals surface area contributed by atoms with Crippen LogP contribution in [0.15, 0.2) is 66.7 Å². The molecule has 4 saturated carbocycles. The van der Waals surface area contributed by atoms with Gasteiger partial charge in [0.25, 0.3) is 0 Å². The smallest absolute Gasteiger partial charge is 0.310 e. The van der Waals surface area contributed by atoms with Gasteiger partial charge in [0.2, 0.25) is 0 Å². The van der Waals surface area contributed by atoms with E-state index in [4.69, 9.17) is 9.47 Å². The Morgan fingerprint density at radius 2 is 1.25 bits per heavy atom. The number of nitro groups is 2. The topological polar surface area (TPSA) is 145 Å². The molecule has 0 radical (unpaired) electrons. The molecule has 0 aliphatic heterocycles. The van der Waals surface area contributed by atoms with Crippen molar-refractivity contribution in [2.45, 2.75) is 38.5 Å². The van der Waals surface area contributed by atoms with Crippen molar-refractivity contribution in [3.63, 3.8) is 0 Å². The van der Waals surface area contributed by atoms with Gasteiger partial charge < -0.3 is 19.7 Å². The summed E-state index contributed by atoms with van der Waals surface area (Å²) in [7, 11) is 0. The number of nitro benzene ring substituents is 2. The monoisotopic (exact) mass is 592 g/mol. The molecule has 222 valence electrons. The zero-order valence-electron chi connectivity index (χ0n) is 23.6. The fourth-order valence-electron chi connectivity index (χ4n) is 7.73. The summed E-state index contributed by atoms with van der Waals surface area (Å²) in [4.78, 5) is 21.0. The highest BCUT2D eigenvalue weighted by atomic mass is 16.6. The standard InChI is InChI=1S/C34H28N2O8/c37-30-15-24(4-6-28(30)35(39)40)43-32-3-1-2-26-27(32)13-20(8-9-34-17-21-10-22(18-34)12-23(11-21)19-34)14-33(26)44-25-5-7-29(36(41)42)31(38)16-25/h1-7,13-16,21-23,37-38H,10-12,17-19H2. The van der Waals surface area contributed by atoms with Crippen molar-refractivity contribution in [3.05, 3.63) is 92.5 Å². The summed E-state index contributed by atoms with van der Waals surface area (Å²) >= 11 is 0. The van der Waals surface area contributed by atoms with Gasteiger partial charge in [0.1, 0.15) is 23.0 Å². The zero-order valence-corrected chi connectivity index (χ0v) is 23.6. The van der Waals surface area contributed by atoms with Crippen molar-refractivity contribution in [3.8, 4) is 46.3 Å². The van der Waals surface area contributed by atoms with E-state index in [0.717, 1.165) is 37.0 Å². The van der Waals surface area contributed by atoms with E-state index in [2.05, 4.69) is 11.8 Å². The van der Waals surface area contributed by atoms with Gasteiger partial charge in [-0.25, -0.2) is 0 Å². The van der Waals surface area contributed by atoms with E-state index in [9.17, 15) is 30.4 Å². The first kappa shape index (κ1) is 27.5. The summed E-state index contributed by atoms with van der Waals surface area (Å²) < 4.78 is 12.3. The van der Waals surface area contributed by atoms with Gasteiger partial charge in [-0.1, -0.05) is 24.0 Å². The number of phenols is 2. The first-order valence-electron chi connectivity index (χ1n) is 14.6. The lowest BCUT2D eigenvalue weighted by Crippen LogP contribution is -2.45. The Kier molecular flexibility index (Phi) is 6.54. The second-order valence-electron chi connectivity index (χ2n) is 12.3. The maximum Gasteiger partial charge on any atom is 0.310 e. The van der Waals surface area contributed by atoms with Gasteiger partial charge in [0.05, 0.1) is 9.85 Å². The van der Waals surface area contributed by atoms with E-state index in [1.165, 1.54) is 55.7 Å². The van der Waals surface area contributed by atoms with Crippen molar-refractivity contribution >= 4 is 22.1 Å². The van der Waals surface area contributed by atoms with Crippen LogP contribution < -0.4 is 9.47 Å². The molecule has 0 unspecified atom stereocenters. The van der Waals surface area contributed by atoms with Crippen molar-refractivity contribution in [1.29, 1.82) is 0 Å². The summed E-state index contributed by atoms with van der Waals surface area (Å²) in [5.41, 5.74) is -0.155. The minimum absolute atomic E-state index is 0.0151. The second-order valence-corrected chi connectivity index (χ2v) is 12.3. The van der Waals surface area contributed by atoms with Crippen LogP contribution in [0.1, 0.15) is 44.1 Å². The van der Waals surface area contributed by atoms with Gasteiger partial charge in [0, 0.05) is 46.0 Å². The Morgan fingerprint density at radius 1 is 0.705 bits per heavy atom. The molecule has 10 nitrogen and oxygen atoms in total. The predicted octanol–water partition coefficient (Wildman–Crippen LogP) is 8.22. The Bertz CT molecular complexity index is 1870. The lowest BCUT2D eigenvalue weighted by atomic mass is 9.50. The molecule has 0 atom stereocenters. The largest absolute Gasteiger partial charge is 0.502 e. The highest BCUT2D eigenvalue weighted by molar-refractivity contribution is 5.95. The van der Waals surface area contributed by atoms with Crippen LogP contribution in [0.2, 0.25) is 0 Å². The van der Waals surface area contributed by atoms with Crippen LogP contribution in [-0.4, -0.2) is 20.1 Å². The van der Waals surface area contributed by atoms with Crippen LogP contribution >= 0.6 is 0 Å². The van der Waals surface area contributed by atoms with Crippen LogP contribution in [0.4, 0.5) is 11.4 Å². The van der Waals surface area contributed by atoms with E-state index >= 15 is 0 Å². The summed E-state index contributed by atoms with van der Waals surface area (Å²) in [5.74, 6) is 9.53. The molecule has 44 heavy (non-hydrogen) atoms. The Morgan fingerprint density at radius 3 is 1.77 bits per heavy atom. The maximum absolute atomic E-state index is 11.2. The van der Waals surface area contributed by atoms with Gasteiger partial charge >= 0.3 is 11.4 Å². The van der Waals surface area contributed by atoms with Crippen molar-refractivity contribution < 1.29 is 29.5 Å². The molecule has 4 aromatic carbocycles. The molecular formula is C34H28N2O8. The molecule has 4 bridgehead atoms. The molecule has 0 heterocycles. The highest BCUT2D eigenvalue weighted by Crippen LogP contribution is 2.59. The molecule has 4 aliphatic carbocycles. The number of nitrogens with zero attached hydrogens (tertiary/aromatic N) is 2. The van der Waals surface area contributed by atoms with E-state index in [1.807, 2.05) is 18.2 Å². The lowest BCUT2D eigenvalue weighted by Gasteiger charge is -2.54. The second kappa shape index (κ2) is 10.5. The summed E-state index contributed by atoms with van der Waals surface area (Å²) in [6, 6.07) is 16.6. The van der Waals surface area contributed by atoms with Gasteiger partial charge in [-0.05, 0) is 86.6 Å². The Hall–Kier alpha value is -5.30. The number of ether oxygens (including phenoxy) is 2. The van der Waals surface area contributed by atoms with Crippen molar-refractivity contribution in [2.75, 3.05) is 0 Å². The van der Waals surface area contributed by atoms with Crippen LogP contribution in [0.5, 0.6) is 34.5 Å². The number of aromatic hydroxyl groups is 2. The maximum atomic E-state index is 11.2. The number of benzene rings is 4. The van der Waals surface area contributed by atoms with Crippen LogP contribution in [0.3, 0.4) is 0 Å². The van der Waals surface area contributed by atoms with E-state index < -0.39 is 32.7 Å². The average molecular weight is 593 g/mol. The minimum Gasteiger partial charge on any atom is -0.502 e. The third-order valence-electron chi connectivity index (χ3n) is 9.17. The molecule has 4 aliphatic rings. The summed E-state index contributed by atoms with van der Waals surface area (Å²) in [5, 5.41) is 44.0. The number of phenolic OH excluding ortho intramolecular Hbond substituents is 2. The molecular weight excluding hydrogens is 564 g/mol. The number of hydrogen-bond donors (Lipinski definition) is 2. The number of rotatable bonds is 6. The molecule has 2 N–H and O–H groups in total. The van der Waals surface area contributed by atoms with Crippen LogP contribution in [-0.2, 0) is 0 Å². The van der Waals surface area contributed by atoms with Gasteiger partial charge in [-0.3, -0.25) is 20.2 Å².